The number of nitrogens with zero attached hydrogens (tertiary/aromatic N) is 2. The molecule has 0 unspecified atom stereocenters. The van der Waals surface area contributed by atoms with Gasteiger partial charge in [-0.25, -0.2) is 4.79 Å². The Morgan fingerprint density at radius 3 is 2.50 bits per heavy atom. The largest absolute Gasteiger partial charge is 0.417 e. The van der Waals surface area contributed by atoms with Crippen LogP contribution in [0.15, 0.2) is 69.5 Å². The molecule has 6 nitrogen and oxygen atoms in total. The number of carbonyl (C=O) groups excluding carboxylic acids is 1. The zero-order valence-electron chi connectivity index (χ0n) is 15.7. The van der Waals surface area contributed by atoms with Gasteiger partial charge in [0.05, 0.1) is 5.71 Å². The van der Waals surface area contributed by atoms with E-state index in [1.165, 1.54) is 0 Å². The average molecular weight is 398 g/mol. The van der Waals surface area contributed by atoms with E-state index in [1.807, 2.05) is 56.3 Å². The van der Waals surface area contributed by atoms with E-state index in [9.17, 15) is 10.0 Å². The van der Waals surface area contributed by atoms with Crippen molar-refractivity contribution in [1.82, 2.24) is 4.90 Å². The highest BCUT2D eigenvalue weighted by atomic mass is 32.2. The first kappa shape index (κ1) is 18.8. The SMILES string of the molecule is CCN1C(=O)O[C@H]2O[C@@](C)(c3ccc(Sc4ccccc4)cc3)/C(=N/O)C[C@H]21. The van der Waals surface area contributed by atoms with Gasteiger partial charge in [-0.05, 0) is 43.7 Å². The zero-order valence-corrected chi connectivity index (χ0v) is 16.6. The van der Waals surface area contributed by atoms with Crippen LogP contribution >= 0.6 is 11.8 Å². The summed E-state index contributed by atoms with van der Waals surface area (Å²) in [6.07, 6.45) is -0.674. The highest BCUT2D eigenvalue weighted by Crippen LogP contribution is 2.41. The van der Waals surface area contributed by atoms with E-state index in [0.717, 1.165) is 15.4 Å². The van der Waals surface area contributed by atoms with Gasteiger partial charge in [-0.2, -0.15) is 0 Å². The van der Waals surface area contributed by atoms with E-state index in [0.29, 0.717) is 18.7 Å². The molecule has 2 saturated heterocycles. The fourth-order valence-electron chi connectivity index (χ4n) is 3.73. The van der Waals surface area contributed by atoms with E-state index in [2.05, 4.69) is 17.3 Å². The van der Waals surface area contributed by atoms with E-state index < -0.39 is 18.0 Å². The fraction of sp³-hybridized carbons (Fsp3) is 0.333. The van der Waals surface area contributed by atoms with Crippen LogP contribution < -0.4 is 0 Å². The van der Waals surface area contributed by atoms with Crippen molar-refractivity contribution >= 4 is 23.6 Å². The van der Waals surface area contributed by atoms with Crippen LogP contribution in [0.25, 0.3) is 0 Å². The van der Waals surface area contributed by atoms with Crippen LogP contribution in [0.3, 0.4) is 0 Å². The molecule has 0 bridgehead atoms. The van der Waals surface area contributed by atoms with Crippen molar-refractivity contribution in [1.29, 1.82) is 0 Å². The molecular formula is C21H22N2O4S. The topological polar surface area (TPSA) is 71.4 Å². The van der Waals surface area contributed by atoms with Gasteiger partial charge in [-0.1, -0.05) is 47.2 Å². The van der Waals surface area contributed by atoms with Gasteiger partial charge in [-0.15, -0.1) is 0 Å². The Bertz CT molecular complexity index is 887. The highest BCUT2D eigenvalue weighted by molar-refractivity contribution is 7.99. The second kappa shape index (κ2) is 7.48. The lowest BCUT2D eigenvalue weighted by Crippen LogP contribution is -2.52. The maximum atomic E-state index is 12.1. The Morgan fingerprint density at radius 1 is 1.18 bits per heavy atom. The van der Waals surface area contributed by atoms with E-state index in [1.54, 1.807) is 16.7 Å². The van der Waals surface area contributed by atoms with Crippen LogP contribution in [0, 0.1) is 0 Å². The summed E-state index contributed by atoms with van der Waals surface area (Å²) < 4.78 is 11.6. The monoisotopic (exact) mass is 398 g/mol. The van der Waals surface area contributed by atoms with Crippen molar-refractivity contribution in [3.63, 3.8) is 0 Å². The maximum absolute atomic E-state index is 12.1. The smallest absolute Gasteiger partial charge is 0.412 e. The second-order valence-corrected chi connectivity index (χ2v) is 8.09. The molecule has 3 atom stereocenters. The van der Waals surface area contributed by atoms with Crippen LogP contribution in [0.1, 0.15) is 25.8 Å². The van der Waals surface area contributed by atoms with Crippen molar-refractivity contribution in [2.75, 3.05) is 6.54 Å². The van der Waals surface area contributed by atoms with Gasteiger partial charge in [0, 0.05) is 22.8 Å². The number of ether oxygens (including phenoxy) is 2. The van der Waals surface area contributed by atoms with E-state index >= 15 is 0 Å². The summed E-state index contributed by atoms with van der Waals surface area (Å²) in [5.74, 6) is 0. The molecule has 2 aromatic carbocycles. The van der Waals surface area contributed by atoms with Gasteiger partial charge < -0.3 is 14.7 Å². The molecule has 0 aromatic heterocycles. The quantitative estimate of drug-likeness (QED) is 0.608. The molecule has 0 spiro atoms. The number of rotatable bonds is 4. The van der Waals surface area contributed by atoms with Crippen molar-refractivity contribution in [3.8, 4) is 0 Å². The minimum atomic E-state index is -0.962. The molecule has 2 aromatic rings. The van der Waals surface area contributed by atoms with Gasteiger partial charge in [0.1, 0.15) is 11.6 Å². The Balaban J connectivity index is 1.58. The first-order valence-corrected chi connectivity index (χ1v) is 10.1. The number of amides is 1. The Morgan fingerprint density at radius 2 is 1.86 bits per heavy atom. The van der Waals surface area contributed by atoms with Crippen molar-refractivity contribution in [3.05, 3.63) is 60.2 Å². The summed E-state index contributed by atoms with van der Waals surface area (Å²) in [6.45, 7) is 4.25. The number of carbonyl (C=O) groups is 1. The first-order valence-electron chi connectivity index (χ1n) is 9.25. The third-order valence-electron chi connectivity index (χ3n) is 5.32. The number of hydrogen-bond donors (Lipinski definition) is 1. The predicted octanol–water partition coefficient (Wildman–Crippen LogP) is 4.47. The summed E-state index contributed by atoms with van der Waals surface area (Å²) in [5.41, 5.74) is 0.367. The molecule has 0 radical (unpaired) electrons. The molecular weight excluding hydrogens is 376 g/mol. The summed E-state index contributed by atoms with van der Waals surface area (Å²) in [5, 5.41) is 13.2. The van der Waals surface area contributed by atoms with Crippen molar-refractivity contribution < 1.29 is 19.5 Å². The Labute approximate surface area is 168 Å². The number of benzene rings is 2. The third-order valence-corrected chi connectivity index (χ3v) is 6.33. The van der Waals surface area contributed by atoms with Crippen LogP contribution in [-0.4, -0.2) is 40.8 Å². The van der Waals surface area contributed by atoms with E-state index in [4.69, 9.17) is 9.47 Å². The standard InChI is InChI=1S/C21H22N2O4S/c1-3-23-17-13-18(22-25)21(2,27-19(17)26-20(23)24)14-9-11-16(12-10-14)28-15-7-5-4-6-8-15/h4-12,17,19,25H,3,13H2,1-2H3/b22-18+/t17-,19+,21+/m1/s1. The van der Waals surface area contributed by atoms with E-state index in [-0.39, 0.29) is 6.04 Å². The summed E-state index contributed by atoms with van der Waals surface area (Å²) in [7, 11) is 0. The lowest BCUT2D eigenvalue weighted by molar-refractivity contribution is -0.165. The molecule has 1 amide bonds. The number of likely N-dealkylation sites (N-methyl/N-ethyl adjacent to an activating group) is 1. The Kier molecular flexibility index (Phi) is 5.03. The average Bonchev–Trinajstić information content (AvgIpc) is 3.01. The molecule has 0 aliphatic carbocycles. The molecule has 7 heteroatoms. The molecule has 146 valence electrons. The lowest BCUT2D eigenvalue weighted by Gasteiger charge is -2.40. The number of fused-ring (bicyclic) bond motifs is 1. The summed E-state index contributed by atoms with van der Waals surface area (Å²) in [4.78, 5) is 15.9. The van der Waals surface area contributed by atoms with Gasteiger partial charge in [0.25, 0.3) is 0 Å². The predicted molar refractivity (Wildman–Crippen MR) is 106 cm³/mol. The maximum Gasteiger partial charge on any atom is 0.412 e. The molecule has 2 heterocycles. The van der Waals surface area contributed by atoms with Crippen LogP contribution in [0.2, 0.25) is 0 Å². The second-order valence-electron chi connectivity index (χ2n) is 6.95. The van der Waals surface area contributed by atoms with Gasteiger partial charge >= 0.3 is 6.09 Å². The number of hydrogen-bond acceptors (Lipinski definition) is 6. The minimum Gasteiger partial charge on any atom is -0.417 e. The zero-order chi connectivity index (χ0) is 19.7. The fourth-order valence-corrected chi connectivity index (χ4v) is 4.57. The Hall–Kier alpha value is -2.51. The molecule has 1 N–H and O–H groups in total. The van der Waals surface area contributed by atoms with Gasteiger partial charge in [-0.3, -0.25) is 4.90 Å². The summed E-state index contributed by atoms with van der Waals surface area (Å²) in [6, 6.07) is 17.8. The van der Waals surface area contributed by atoms with Crippen molar-refractivity contribution in [2.45, 2.75) is 48.0 Å². The highest BCUT2D eigenvalue weighted by Gasteiger charge is 2.53. The molecule has 2 aliphatic rings. The first-order chi connectivity index (χ1) is 13.5. The normalized spacial score (nSPS) is 28.3. The molecule has 2 aliphatic heterocycles. The minimum absolute atomic E-state index is 0.274. The lowest BCUT2D eigenvalue weighted by atomic mass is 9.84. The third kappa shape index (κ3) is 3.25. The van der Waals surface area contributed by atoms with Gasteiger partial charge in [0.15, 0.2) is 0 Å². The van der Waals surface area contributed by atoms with Gasteiger partial charge in [0.2, 0.25) is 6.29 Å². The molecule has 4 rings (SSSR count). The van der Waals surface area contributed by atoms with Crippen LogP contribution in [-0.2, 0) is 15.1 Å². The van der Waals surface area contributed by atoms with Crippen molar-refractivity contribution in [2.24, 2.45) is 5.16 Å². The molecule has 28 heavy (non-hydrogen) atoms. The molecule has 0 saturated carbocycles. The molecule has 2 fully saturated rings. The summed E-state index contributed by atoms with van der Waals surface area (Å²) >= 11 is 1.67. The van der Waals surface area contributed by atoms with Crippen LogP contribution in [0.4, 0.5) is 4.79 Å². The number of oxime groups is 1. The van der Waals surface area contributed by atoms with Crippen LogP contribution in [0.5, 0.6) is 0 Å².